The van der Waals surface area contributed by atoms with Crippen LogP contribution in [0.5, 0.6) is 0 Å². The van der Waals surface area contributed by atoms with Crippen molar-refractivity contribution >= 4 is 18.1 Å². The van der Waals surface area contributed by atoms with E-state index in [2.05, 4.69) is 50.3 Å². The molecule has 3 nitrogen and oxygen atoms in total. The van der Waals surface area contributed by atoms with Gasteiger partial charge < -0.3 is 17.5 Å². The molecule has 2 aromatic rings. The lowest BCUT2D eigenvalue weighted by atomic mass is 10.0. The normalized spacial score (nSPS) is 10.7. The highest BCUT2D eigenvalue weighted by Crippen LogP contribution is 2.16. The Morgan fingerprint density at radius 3 is 2.04 bits per heavy atom. The third-order valence-electron chi connectivity index (χ3n) is 3.57. The van der Waals surface area contributed by atoms with Gasteiger partial charge >= 0.3 is 5.97 Å². The van der Waals surface area contributed by atoms with Gasteiger partial charge in [-0.2, -0.15) is 0 Å². The molecule has 1 aromatic carbocycles. The van der Waals surface area contributed by atoms with Gasteiger partial charge in [-0.05, 0) is 22.6 Å². The molecule has 1 aromatic heterocycles. The summed E-state index contributed by atoms with van der Waals surface area (Å²) in [6, 6.07) is 12.6. The van der Waals surface area contributed by atoms with Gasteiger partial charge in [-0.1, -0.05) is 50.3 Å². The van der Waals surface area contributed by atoms with Gasteiger partial charge in [0.2, 0.25) is 0 Å². The summed E-state index contributed by atoms with van der Waals surface area (Å²) in [4.78, 5) is 10.5. The lowest BCUT2D eigenvalue weighted by Crippen LogP contribution is -3.00. The molecule has 0 unspecified atom stereocenters. The number of rotatable bonds is 6. The number of aliphatic carboxylic acids is 1. The van der Waals surface area contributed by atoms with E-state index < -0.39 is 5.97 Å². The van der Waals surface area contributed by atoms with Crippen LogP contribution in [0.4, 0.5) is 0 Å². The Morgan fingerprint density at radius 2 is 1.57 bits per heavy atom. The number of carbonyl (C=O) groups is 1. The minimum atomic E-state index is -0.777. The number of hydrogen-bond acceptors (Lipinski definition) is 1. The molecule has 0 saturated carbocycles. The first kappa shape index (κ1) is 18.9. The predicted octanol–water partition coefficient (Wildman–Crippen LogP) is 0.747. The highest BCUT2D eigenvalue weighted by molar-refractivity contribution is 5.69. The zero-order valence-electron chi connectivity index (χ0n) is 13.4. The number of aromatic nitrogens is 1. The van der Waals surface area contributed by atoms with Crippen molar-refractivity contribution in [3.8, 4) is 0 Å². The topological polar surface area (TPSA) is 41.2 Å². The van der Waals surface area contributed by atoms with E-state index in [0.29, 0.717) is 12.5 Å². The molecule has 1 heterocycles. The Balaban J connectivity index is 0.00000264. The van der Waals surface area contributed by atoms with Crippen LogP contribution in [0.25, 0.3) is 12.2 Å². The summed E-state index contributed by atoms with van der Waals surface area (Å²) in [7, 11) is 0. The number of carboxylic acids is 1. The number of benzene rings is 1. The van der Waals surface area contributed by atoms with E-state index in [0.717, 1.165) is 5.56 Å². The molecule has 0 atom stereocenters. The summed E-state index contributed by atoms with van der Waals surface area (Å²) in [5, 5.41) is 8.67. The number of nitrogens with zero attached hydrogens (tertiary/aromatic N) is 1. The Kier molecular flexibility index (Phi) is 7.49. The third kappa shape index (κ3) is 6.25. The van der Waals surface area contributed by atoms with Crippen LogP contribution in [0.1, 0.15) is 42.9 Å². The lowest BCUT2D eigenvalue weighted by molar-refractivity contribution is -0.696. The summed E-state index contributed by atoms with van der Waals surface area (Å²) >= 11 is 0. The van der Waals surface area contributed by atoms with Crippen molar-refractivity contribution < 1.29 is 26.9 Å². The van der Waals surface area contributed by atoms with E-state index in [-0.39, 0.29) is 18.8 Å². The van der Waals surface area contributed by atoms with Gasteiger partial charge in [0.15, 0.2) is 18.9 Å². The van der Waals surface area contributed by atoms with Crippen LogP contribution in [0.3, 0.4) is 0 Å². The summed E-state index contributed by atoms with van der Waals surface area (Å²) in [6.07, 6.45) is 8.10. The maximum Gasteiger partial charge on any atom is 0.309 e. The maximum absolute atomic E-state index is 10.5. The van der Waals surface area contributed by atoms with Crippen LogP contribution in [-0.2, 0) is 11.3 Å². The first-order chi connectivity index (χ1) is 10.5. The van der Waals surface area contributed by atoms with Gasteiger partial charge in [-0.15, -0.1) is 0 Å². The minimum absolute atomic E-state index is 0. The number of hydrogen-bond donors (Lipinski definition) is 1. The average Bonchev–Trinajstić information content (AvgIpc) is 2.52. The van der Waals surface area contributed by atoms with Gasteiger partial charge in [0.1, 0.15) is 6.42 Å². The molecule has 0 aliphatic carbocycles. The second-order valence-corrected chi connectivity index (χ2v) is 5.67. The standard InChI is InChI=1S/C19H21NO2.ClH/c1-15(2)18-7-5-16(6-8-18)3-4-17-9-12-20(13-10-17)14-11-19(21)22;/h3-10,12-13,15H,11,14H2,1-2H3;1H/b4-3-;. The smallest absolute Gasteiger partial charge is 0.309 e. The first-order valence-corrected chi connectivity index (χ1v) is 7.53. The van der Waals surface area contributed by atoms with Crippen molar-refractivity contribution in [2.45, 2.75) is 32.7 Å². The molecule has 0 bridgehead atoms. The van der Waals surface area contributed by atoms with Crippen LogP contribution in [0.2, 0.25) is 0 Å². The molecule has 122 valence electrons. The van der Waals surface area contributed by atoms with Crippen molar-refractivity contribution in [2.75, 3.05) is 0 Å². The monoisotopic (exact) mass is 331 g/mol. The van der Waals surface area contributed by atoms with E-state index in [1.165, 1.54) is 11.1 Å². The zero-order chi connectivity index (χ0) is 15.9. The van der Waals surface area contributed by atoms with Gasteiger partial charge in [0, 0.05) is 12.1 Å². The lowest BCUT2D eigenvalue weighted by Gasteiger charge is -2.04. The zero-order valence-corrected chi connectivity index (χ0v) is 14.2. The van der Waals surface area contributed by atoms with Gasteiger partial charge in [-0.25, -0.2) is 4.57 Å². The molecule has 2 rings (SSSR count). The highest BCUT2D eigenvalue weighted by Gasteiger charge is 2.03. The van der Waals surface area contributed by atoms with E-state index >= 15 is 0 Å². The Morgan fingerprint density at radius 1 is 1.04 bits per heavy atom. The third-order valence-corrected chi connectivity index (χ3v) is 3.57. The van der Waals surface area contributed by atoms with E-state index in [1.807, 2.05) is 29.1 Å². The van der Waals surface area contributed by atoms with Gasteiger partial charge in [0.25, 0.3) is 0 Å². The first-order valence-electron chi connectivity index (χ1n) is 7.53. The molecule has 1 N–H and O–H groups in total. The second-order valence-electron chi connectivity index (χ2n) is 5.67. The highest BCUT2D eigenvalue weighted by atomic mass is 35.5. The van der Waals surface area contributed by atoms with Crippen molar-refractivity contribution in [1.29, 1.82) is 0 Å². The Bertz CT molecular complexity index is 646. The van der Waals surface area contributed by atoms with Crippen LogP contribution >= 0.6 is 0 Å². The molecule has 0 amide bonds. The van der Waals surface area contributed by atoms with E-state index in [1.54, 1.807) is 0 Å². The molecule has 4 heteroatoms. The summed E-state index contributed by atoms with van der Waals surface area (Å²) in [5.41, 5.74) is 3.61. The Labute approximate surface area is 143 Å². The molecule has 0 fully saturated rings. The SMILES string of the molecule is CC(C)c1ccc(/C=C\c2cc[n+](CCC(=O)O)cc2)cc1.[Cl-]. The van der Waals surface area contributed by atoms with E-state index in [9.17, 15) is 4.79 Å². The molecule has 0 radical (unpaired) electrons. The largest absolute Gasteiger partial charge is 1.00 e. The van der Waals surface area contributed by atoms with E-state index in [4.69, 9.17) is 5.11 Å². The summed E-state index contributed by atoms with van der Waals surface area (Å²) < 4.78 is 1.88. The van der Waals surface area contributed by atoms with Crippen LogP contribution in [0.15, 0.2) is 48.8 Å². The minimum Gasteiger partial charge on any atom is -1.00 e. The number of pyridine rings is 1. The summed E-state index contributed by atoms with van der Waals surface area (Å²) in [5.74, 6) is -0.227. The van der Waals surface area contributed by atoms with Gasteiger partial charge in [-0.3, -0.25) is 4.79 Å². The fourth-order valence-electron chi connectivity index (χ4n) is 2.14. The molecule has 0 aliphatic heterocycles. The number of halogens is 1. The van der Waals surface area contributed by atoms with Crippen molar-refractivity contribution in [3.63, 3.8) is 0 Å². The Hall–Kier alpha value is -2.13. The number of carboxylic acid groups (broad SMARTS) is 1. The molecular formula is C19H22ClNO2. The fraction of sp³-hybridized carbons (Fsp3) is 0.263. The van der Waals surface area contributed by atoms with Crippen molar-refractivity contribution in [2.24, 2.45) is 0 Å². The molecule has 0 saturated heterocycles. The quantitative estimate of drug-likeness (QED) is 0.794. The molecule has 0 spiro atoms. The molecular weight excluding hydrogens is 310 g/mol. The van der Waals surface area contributed by atoms with Crippen molar-refractivity contribution in [1.82, 2.24) is 0 Å². The van der Waals surface area contributed by atoms with Crippen molar-refractivity contribution in [3.05, 3.63) is 65.5 Å². The maximum atomic E-state index is 10.5. The summed E-state index contributed by atoms with van der Waals surface area (Å²) in [6.45, 7) is 4.87. The molecule has 23 heavy (non-hydrogen) atoms. The van der Waals surface area contributed by atoms with Crippen LogP contribution in [0, 0.1) is 0 Å². The van der Waals surface area contributed by atoms with Crippen LogP contribution < -0.4 is 17.0 Å². The second kappa shape index (κ2) is 9.11. The molecule has 0 aliphatic rings. The number of aryl methyl sites for hydroxylation is 1. The van der Waals surface area contributed by atoms with Crippen LogP contribution in [-0.4, -0.2) is 11.1 Å². The van der Waals surface area contributed by atoms with Gasteiger partial charge in [0.05, 0.1) is 0 Å². The predicted molar refractivity (Wildman–Crippen MR) is 88.3 cm³/mol. The fourth-order valence-corrected chi connectivity index (χ4v) is 2.14. The average molecular weight is 332 g/mol.